The number of hydrogen-bond acceptors (Lipinski definition) is 13. The molecule has 1 atom stereocenters. The molecule has 0 saturated carbocycles. The van der Waals surface area contributed by atoms with Crippen molar-refractivity contribution < 1.29 is 58.2 Å². The molecule has 1 rings (SSSR count). The van der Waals surface area contributed by atoms with Gasteiger partial charge in [-0.3, -0.25) is 43.3 Å². The third-order valence-electron chi connectivity index (χ3n) is 8.58. The Morgan fingerprint density at radius 3 is 1.65 bits per heavy atom. The van der Waals surface area contributed by atoms with Crippen LogP contribution in [0.2, 0.25) is 0 Å². The lowest BCUT2D eigenvalue weighted by Gasteiger charge is -2.48. The molecule has 1 heterocycles. The number of nitrogens with one attached hydrogen (secondary N) is 7. The van der Waals surface area contributed by atoms with Gasteiger partial charge in [-0.05, 0) is 27.1 Å². The summed E-state index contributed by atoms with van der Waals surface area (Å²) in [6.07, 6.45) is -2.12. The van der Waals surface area contributed by atoms with E-state index in [4.69, 9.17) is 5.11 Å². The van der Waals surface area contributed by atoms with E-state index in [1.165, 1.54) is 7.05 Å². The standard InChI is InChI=1S/C34H62N10O11/c1-35-28(48)18-30(50)39-10-14-43(22-26(46)21-42(2)3)13-4-5-25(45)17-29(49)40-11-15-44(23-27(47)24-44)16-12-41-32(52)19-31(51)37-8-6-36-7-9-38-33(53)20-34(54)55/h26-27,36,46-47H,4-24H2,1-3H3,(H6-,35,37,38,39,40,41,48,49,50,51,52,53,54,55)/p+1. The van der Waals surface area contributed by atoms with Crippen LogP contribution in [-0.4, -0.2) is 208 Å². The molecule has 21 nitrogen and oxygen atoms in total. The van der Waals surface area contributed by atoms with E-state index in [1.54, 1.807) is 0 Å². The minimum atomic E-state index is -1.21. The Morgan fingerprint density at radius 1 is 0.655 bits per heavy atom. The molecule has 10 N–H and O–H groups in total. The number of carboxylic acids is 1. The molecule has 1 aliphatic rings. The first-order valence-electron chi connectivity index (χ1n) is 18.6. The molecule has 0 aromatic rings. The molecule has 1 aliphatic heterocycles. The number of rotatable bonds is 31. The van der Waals surface area contributed by atoms with Gasteiger partial charge in [0.2, 0.25) is 35.4 Å². The van der Waals surface area contributed by atoms with Crippen molar-refractivity contribution in [3.8, 4) is 0 Å². The van der Waals surface area contributed by atoms with E-state index in [1.807, 2.05) is 23.9 Å². The summed E-state index contributed by atoms with van der Waals surface area (Å²) in [7, 11) is 5.12. The Morgan fingerprint density at radius 2 is 1.15 bits per heavy atom. The highest BCUT2D eigenvalue weighted by atomic mass is 16.4. The second kappa shape index (κ2) is 27.3. The van der Waals surface area contributed by atoms with Crippen molar-refractivity contribution >= 4 is 47.2 Å². The quantitative estimate of drug-likeness (QED) is 0.0178. The van der Waals surface area contributed by atoms with Crippen LogP contribution < -0.4 is 37.2 Å². The van der Waals surface area contributed by atoms with Crippen molar-refractivity contribution in [1.29, 1.82) is 0 Å². The average Bonchev–Trinajstić information content (AvgIpc) is 3.06. The number of carbonyl (C=O) groups excluding carboxylic acids is 7. The Balaban J connectivity index is 2.33. The molecule has 1 saturated heterocycles. The first-order chi connectivity index (χ1) is 26.0. The number of likely N-dealkylation sites (tertiary alicyclic amines) is 1. The summed E-state index contributed by atoms with van der Waals surface area (Å²) < 4.78 is 0.450. The zero-order valence-corrected chi connectivity index (χ0v) is 32.5. The highest BCUT2D eigenvalue weighted by Gasteiger charge is 2.42. The molecule has 1 unspecified atom stereocenters. The molecule has 1 fully saturated rings. The van der Waals surface area contributed by atoms with E-state index in [0.717, 1.165) is 0 Å². The van der Waals surface area contributed by atoms with Crippen molar-refractivity contribution in [2.45, 2.75) is 50.7 Å². The Labute approximate surface area is 322 Å². The first-order valence-corrected chi connectivity index (χ1v) is 18.6. The lowest BCUT2D eigenvalue weighted by molar-refractivity contribution is -0.970. The Hall–Kier alpha value is -4.28. The second-order valence-corrected chi connectivity index (χ2v) is 13.9. The predicted octanol–water partition coefficient (Wildman–Crippen LogP) is -5.69. The molecule has 0 radical (unpaired) electrons. The van der Waals surface area contributed by atoms with E-state index in [9.17, 15) is 48.6 Å². The highest BCUT2D eigenvalue weighted by Crippen LogP contribution is 2.19. The van der Waals surface area contributed by atoms with Gasteiger partial charge in [0, 0.05) is 65.8 Å². The maximum absolute atomic E-state index is 12.6. The van der Waals surface area contributed by atoms with Gasteiger partial charge in [0.25, 0.3) is 0 Å². The topological polar surface area (TPSA) is 288 Å². The summed E-state index contributed by atoms with van der Waals surface area (Å²) in [6, 6.07) is 0. The average molecular weight is 788 g/mol. The number of amides is 6. The van der Waals surface area contributed by atoms with Crippen molar-refractivity contribution in [3.05, 3.63) is 0 Å². The molecular formula is C34H63N10O11+. The fraction of sp³-hybridized carbons (Fsp3) is 0.765. The number of carboxylic acid groups (broad SMARTS) is 1. The monoisotopic (exact) mass is 787 g/mol. The zero-order valence-electron chi connectivity index (χ0n) is 32.5. The van der Waals surface area contributed by atoms with E-state index in [0.29, 0.717) is 76.4 Å². The van der Waals surface area contributed by atoms with Gasteiger partial charge in [-0.15, -0.1) is 0 Å². The van der Waals surface area contributed by atoms with Crippen LogP contribution >= 0.6 is 0 Å². The fourth-order valence-electron chi connectivity index (χ4n) is 5.91. The van der Waals surface area contributed by atoms with Gasteiger partial charge in [-0.1, -0.05) is 0 Å². The van der Waals surface area contributed by atoms with Crippen molar-refractivity contribution in [2.24, 2.45) is 0 Å². The van der Waals surface area contributed by atoms with Crippen LogP contribution in [0.4, 0.5) is 0 Å². The van der Waals surface area contributed by atoms with E-state index in [-0.39, 0.29) is 64.2 Å². The largest absolute Gasteiger partial charge is 0.481 e. The number of ketones is 1. The molecule has 0 aliphatic carbocycles. The van der Waals surface area contributed by atoms with Gasteiger partial charge in [0.05, 0.1) is 38.7 Å². The second-order valence-electron chi connectivity index (χ2n) is 13.9. The predicted molar refractivity (Wildman–Crippen MR) is 199 cm³/mol. The maximum Gasteiger partial charge on any atom is 0.312 e. The molecular weight excluding hydrogens is 724 g/mol. The lowest BCUT2D eigenvalue weighted by Crippen LogP contribution is -2.69. The van der Waals surface area contributed by atoms with Crippen LogP contribution in [-0.2, 0) is 38.4 Å². The molecule has 314 valence electrons. The zero-order chi connectivity index (χ0) is 41.2. The van der Waals surface area contributed by atoms with Crippen molar-refractivity contribution in [1.82, 2.24) is 47.0 Å². The summed E-state index contributed by atoms with van der Waals surface area (Å²) in [5.41, 5.74) is 0. The number of carbonyl (C=O) groups is 8. The Kier molecular flexibility index (Phi) is 24.2. The summed E-state index contributed by atoms with van der Waals surface area (Å²) >= 11 is 0. The van der Waals surface area contributed by atoms with E-state index >= 15 is 0 Å². The van der Waals surface area contributed by atoms with Gasteiger partial charge < -0.3 is 61.9 Å². The smallest absolute Gasteiger partial charge is 0.312 e. The van der Waals surface area contributed by atoms with Crippen molar-refractivity contribution in [3.63, 3.8) is 0 Å². The number of aliphatic hydroxyl groups excluding tert-OH is 2. The minimum Gasteiger partial charge on any atom is -0.481 e. The maximum atomic E-state index is 12.6. The van der Waals surface area contributed by atoms with Crippen LogP contribution in [0, 0.1) is 0 Å². The van der Waals surface area contributed by atoms with E-state index in [2.05, 4.69) is 37.2 Å². The van der Waals surface area contributed by atoms with Crippen molar-refractivity contribution in [2.75, 3.05) is 119 Å². The fourth-order valence-corrected chi connectivity index (χ4v) is 5.91. The van der Waals surface area contributed by atoms with Gasteiger partial charge >= 0.3 is 5.97 Å². The summed E-state index contributed by atoms with van der Waals surface area (Å²) in [5.74, 6) is -4.21. The third kappa shape index (κ3) is 24.7. The van der Waals surface area contributed by atoms with Crippen LogP contribution in [0.5, 0.6) is 0 Å². The van der Waals surface area contributed by atoms with E-state index < -0.39 is 60.0 Å². The summed E-state index contributed by atoms with van der Waals surface area (Å²) in [4.78, 5) is 98.3. The molecule has 55 heavy (non-hydrogen) atoms. The van der Waals surface area contributed by atoms with Gasteiger partial charge in [-0.25, -0.2) is 0 Å². The minimum absolute atomic E-state index is 0.149. The molecule has 21 heteroatoms. The summed E-state index contributed by atoms with van der Waals surface area (Å²) in [5, 5.41) is 47.5. The number of Topliss-reactive ketones (excluding diaryl/α,β-unsaturated/α-hetero) is 1. The third-order valence-corrected chi connectivity index (χ3v) is 8.58. The highest BCUT2D eigenvalue weighted by molar-refractivity contribution is 5.98. The van der Waals surface area contributed by atoms with Crippen LogP contribution in [0.3, 0.4) is 0 Å². The van der Waals surface area contributed by atoms with Gasteiger partial charge in [-0.2, -0.15) is 0 Å². The Bertz CT molecular complexity index is 1260. The molecule has 0 spiro atoms. The number of likely N-dealkylation sites (N-methyl/N-ethyl adjacent to an activating group) is 1. The first kappa shape index (κ1) is 48.7. The molecule has 0 bridgehead atoms. The number of nitrogens with zero attached hydrogens (tertiary/aromatic N) is 3. The number of aliphatic hydroxyl groups is 2. The molecule has 0 aromatic heterocycles. The number of aliphatic carboxylic acids is 1. The molecule has 6 amide bonds. The van der Waals surface area contributed by atoms with Crippen LogP contribution in [0.15, 0.2) is 0 Å². The van der Waals surface area contributed by atoms with Gasteiger partial charge in [0.1, 0.15) is 38.1 Å². The lowest BCUT2D eigenvalue weighted by atomic mass is 10.1. The SMILES string of the molecule is CNC(=O)CC(=O)NCCN(CCCC(=O)CC(=O)NCC[N+]1(CCNC(=O)CC(=O)NCCNCCNC(=O)CC(=O)O)CC(O)C1)CC(O)CN(C)C. The summed E-state index contributed by atoms with van der Waals surface area (Å²) in [6.45, 7) is 5.44. The van der Waals surface area contributed by atoms with Crippen LogP contribution in [0.1, 0.15) is 38.5 Å². The normalized spacial score (nSPS) is 16.7. The van der Waals surface area contributed by atoms with Gasteiger partial charge in [0.15, 0.2) is 6.10 Å². The number of hydrogen-bond donors (Lipinski definition) is 10. The number of quaternary nitrogens is 1. The van der Waals surface area contributed by atoms with Crippen LogP contribution in [0.25, 0.3) is 0 Å². The molecule has 0 aromatic carbocycles.